The van der Waals surface area contributed by atoms with Crippen LogP contribution in [-0.4, -0.2) is 17.6 Å². The minimum Gasteiger partial charge on any atom is -0.455 e. The molecule has 0 bridgehead atoms. The van der Waals surface area contributed by atoms with Crippen molar-refractivity contribution in [1.82, 2.24) is 9.19 Å². The van der Waals surface area contributed by atoms with Crippen molar-refractivity contribution in [2.45, 2.75) is 4.90 Å². The Hall–Kier alpha value is -3.06. The van der Waals surface area contributed by atoms with Gasteiger partial charge in [0.2, 0.25) is 0 Å². The highest BCUT2D eigenvalue weighted by molar-refractivity contribution is 7.90. The summed E-state index contributed by atoms with van der Waals surface area (Å²) in [5.41, 5.74) is 1.08. The number of aromatic nitrogens is 2. The fraction of sp³-hybridized carbons (Fsp3) is 0. The largest absolute Gasteiger partial charge is 0.455 e. The smallest absolute Gasteiger partial charge is 0.285 e. The number of nitrogens with zero attached hydrogens (tertiary/aromatic N) is 2. The first kappa shape index (κ1) is 21.2. The minimum atomic E-state index is -4.06. The summed E-state index contributed by atoms with van der Waals surface area (Å²) in [6.45, 7) is 0. The van der Waals surface area contributed by atoms with Gasteiger partial charge in [-0.05, 0) is 54.1 Å². The van der Waals surface area contributed by atoms with E-state index in [-0.39, 0.29) is 15.6 Å². The van der Waals surface area contributed by atoms with Gasteiger partial charge in [-0.1, -0.05) is 65.7 Å². The molecule has 8 heteroatoms. The summed E-state index contributed by atoms with van der Waals surface area (Å²) in [4.78, 5) is -0.0489. The lowest BCUT2D eigenvalue weighted by molar-refractivity contribution is 0.511. The normalized spacial score (nSPS) is 12.0. The van der Waals surface area contributed by atoms with Gasteiger partial charge in [0.05, 0.1) is 11.2 Å². The number of hydrogen-bond donors (Lipinski definition) is 0. The maximum atomic E-state index is 13.3. The molecular weight excluding hydrogens is 455 g/mol. The van der Waals surface area contributed by atoms with Crippen molar-refractivity contribution in [2.75, 3.05) is 0 Å². The molecule has 3 aromatic carbocycles. The van der Waals surface area contributed by atoms with E-state index in [1.54, 1.807) is 48.5 Å². The highest BCUT2D eigenvalue weighted by Gasteiger charge is 2.25. The summed E-state index contributed by atoms with van der Waals surface area (Å²) in [6.07, 6.45) is 3.14. The maximum Gasteiger partial charge on any atom is 0.285 e. The summed E-state index contributed by atoms with van der Waals surface area (Å²) in [6, 6.07) is 24.0. The number of halogens is 2. The van der Waals surface area contributed by atoms with Gasteiger partial charge in [-0.3, -0.25) is 0 Å². The zero-order valence-electron chi connectivity index (χ0n) is 16.0. The summed E-state index contributed by atoms with van der Waals surface area (Å²) in [5.74, 6) is 0.788. The Kier molecular flexibility index (Phi) is 6.13. The predicted molar refractivity (Wildman–Crippen MR) is 123 cm³/mol. The fourth-order valence-corrected chi connectivity index (χ4v) is 4.79. The van der Waals surface area contributed by atoms with Crippen molar-refractivity contribution in [3.05, 3.63) is 112 Å². The highest BCUT2D eigenvalue weighted by atomic mass is 35.5. The fourth-order valence-electron chi connectivity index (χ4n) is 2.89. The Labute approximate surface area is 190 Å². The van der Waals surface area contributed by atoms with Crippen LogP contribution in [0.4, 0.5) is 0 Å². The van der Waals surface area contributed by atoms with Gasteiger partial charge in [-0.15, -0.1) is 4.09 Å². The van der Waals surface area contributed by atoms with Gasteiger partial charge in [-0.2, -0.15) is 13.5 Å². The molecule has 5 nitrogen and oxygen atoms in total. The van der Waals surface area contributed by atoms with Crippen LogP contribution in [0.25, 0.3) is 11.8 Å². The van der Waals surface area contributed by atoms with Crippen molar-refractivity contribution in [3.8, 4) is 5.75 Å². The molecule has 0 N–H and O–H groups in total. The lowest BCUT2D eigenvalue weighted by atomic mass is 10.2. The van der Waals surface area contributed by atoms with Gasteiger partial charge >= 0.3 is 0 Å². The summed E-state index contributed by atoms with van der Waals surface area (Å²) >= 11 is 12.1. The van der Waals surface area contributed by atoms with Gasteiger partial charge in [0.25, 0.3) is 10.0 Å². The summed E-state index contributed by atoms with van der Waals surface area (Å²) in [7, 11) is -4.06. The van der Waals surface area contributed by atoms with Crippen LogP contribution in [0.5, 0.6) is 5.75 Å². The van der Waals surface area contributed by atoms with E-state index in [0.29, 0.717) is 16.5 Å². The Morgan fingerprint density at radius 2 is 1.55 bits per heavy atom. The van der Waals surface area contributed by atoms with Crippen LogP contribution in [0.3, 0.4) is 0 Å². The molecule has 4 aromatic rings. The van der Waals surface area contributed by atoms with Crippen molar-refractivity contribution in [3.63, 3.8) is 0 Å². The average Bonchev–Trinajstić information content (AvgIpc) is 3.27. The molecule has 0 spiro atoms. The van der Waals surface area contributed by atoms with Crippen LogP contribution in [0, 0.1) is 0 Å². The van der Waals surface area contributed by atoms with Crippen molar-refractivity contribution in [1.29, 1.82) is 0 Å². The highest BCUT2D eigenvalue weighted by Crippen LogP contribution is 2.29. The monoisotopic (exact) mass is 470 g/mol. The third-order valence-electron chi connectivity index (χ3n) is 4.34. The molecule has 0 aliphatic heterocycles. The topological polar surface area (TPSA) is 61.2 Å². The van der Waals surface area contributed by atoms with Gasteiger partial charge in [0.1, 0.15) is 16.3 Å². The Balaban J connectivity index is 1.84. The standard InChI is InChI=1S/C23H16Cl2N2O3S/c24-18-10-12-19(13-11-18)30-22(16-17-6-2-1-3-7-17)21-14-15-26-27(21)31(28,29)23-9-5-4-8-20(23)25/h1-16H. The molecule has 0 aliphatic carbocycles. The van der Waals surface area contributed by atoms with E-state index >= 15 is 0 Å². The molecule has 0 fully saturated rings. The first-order valence-corrected chi connectivity index (χ1v) is 11.4. The second-order valence-electron chi connectivity index (χ2n) is 6.47. The molecule has 0 amide bonds. The first-order valence-electron chi connectivity index (χ1n) is 9.20. The molecule has 0 saturated carbocycles. The lowest BCUT2D eigenvalue weighted by Crippen LogP contribution is -2.18. The summed E-state index contributed by atoms with van der Waals surface area (Å²) < 4.78 is 33.6. The van der Waals surface area contributed by atoms with Crippen molar-refractivity contribution >= 4 is 45.1 Å². The van der Waals surface area contributed by atoms with Gasteiger partial charge < -0.3 is 4.74 Å². The zero-order valence-corrected chi connectivity index (χ0v) is 18.3. The maximum absolute atomic E-state index is 13.3. The van der Waals surface area contributed by atoms with Crippen LogP contribution in [0.15, 0.2) is 96.0 Å². The van der Waals surface area contributed by atoms with E-state index in [1.807, 2.05) is 30.3 Å². The molecule has 31 heavy (non-hydrogen) atoms. The van der Waals surface area contributed by atoms with Crippen LogP contribution in [0.2, 0.25) is 10.0 Å². The van der Waals surface area contributed by atoms with Gasteiger partial charge in [-0.25, -0.2) is 0 Å². The van der Waals surface area contributed by atoms with Gasteiger partial charge in [0.15, 0.2) is 5.76 Å². The molecule has 0 atom stereocenters. The molecule has 0 unspecified atom stereocenters. The van der Waals surface area contributed by atoms with E-state index < -0.39 is 10.0 Å². The number of benzene rings is 3. The second-order valence-corrected chi connectivity index (χ2v) is 9.05. The number of hydrogen-bond acceptors (Lipinski definition) is 4. The predicted octanol–water partition coefficient (Wildman–Crippen LogP) is 6.00. The van der Waals surface area contributed by atoms with E-state index in [2.05, 4.69) is 5.10 Å². The number of ether oxygens (including phenoxy) is 1. The Bertz CT molecular complexity index is 1330. The van der Waals surface area contributed by atoms with Crippen LogP contribution in [-0.2, 0) is 10.0 Å². The second kappa shape index (κ2) is 8.98. The molecular formula is C23H16Cl2N2O3S. The van der Waals surface area contributed by atoms with Crippen LogP contribution in [0.1, 0.15) is 11.3 Å². The molecule has 1 heterocycles. The quantitative estimate of drug-likeness (QED) is 0.324. The Morgan fingerprint density at radius 3 is 2.26 bits per heavy atom. The average molecular weight is 471 g/mol. The van der Waals surface area contributed by atoms with E-state index in [4.69, 9.17) is 27.9 Å². The van der Waals surface area contributed by atoms with Crippen LogP contribution < -0.4 is 4.74 Å². The van der Waals surface area contributed by atoms with E-state index in [9.17, 15) is 8.42 Å². The summed E-state index contributed by atoms with van der Waals surface area (Å²) in [5, 5.41) is 4.72. The zero-order chi connectivity index (χ0) is 21.8. The molecule has 1 aromatic heterocycles. The SMILES string of the molecule is O=S(=O)(c1ccccc1Cl)n1nccc1C(=Cc1ccccc1)Oc1ccc(Cl)cc1. The third kappa shape index (κ3) is 4.66. The molecule has 0 saturated heterocycles. The third-order valence-corrected chi connectivity index (χ3v) is 6.70. The Morgan fingerprint density at radius 1 is 0.871 bits per heavy atom. The molecule has 0 radical (unpaired) electrons. The molecule has 156 valence electrons. The lowest BCUT2D eigenvalue weighted by Gasteiger charge is -2.14. The molecule has 4 rings (SSSR count). The van der Waals surface area contributed by atoms with Gasteiger partial charge in [0, 0.05) is 5.02 Å². The van der Waals surface area contributed by atoms with Crippen molar-refractivity contribution < 1.29 is 13.2 Å². The van der Waals surface area contributed by atoms with Crippen molar-refractivity contribution in [2.24, 2.45) is 0 Å². The van der Waals surface area contributed by atoms with E-state index in [0.717, 1.165) is 9.65 Å². The molecule has 0 aliphatic rings. The minimum absolute atomic E-state index is 0.0489. The van der Waals surface area contributed by atoms with Crippen LogP contribution >= 0.6 is 23.2 Å². The van der Waals surface area contributed by atoms with E-state index in [1.165, 1.54) is 18.3 Å². The first-order chi connectivity index (χ1) is 14.9. The number of rotatable bonds is 6.